The molecular weight excluding hydrogens is 350 g/mol. The molecule has 1 aliphatic heterocycles. The molecule has 0 aliphatic carbocycles. The second-order valence-electron chi connectivity index (χ2n) is 7.34. The Morgan fingerprint density at radius 3 is 2.81 bits per heavy atom. The molecular formula is C20H27NO6. The highest BCUT2D eigenvalue weighted by Crippen LogP contribution is 2.32. The lowest BCUT2D eigenvalue weighted by Crippen LogP contribution is -2.46. The molecule has 1 aromatic carbocycles. The van der Waals surface area contributed by atoms with Gasteiger partial charge in [0, 0.05) is 18.7 Å². The molecule has 1 aliphatic rings. The number of hydrogen-bond donors (Lipinski definition) is 3. The fraction of sp³-hybridized carbons (Fsp3) is 0.500. The van der Waals surface area contributed by atoms with Crippen LogP contribution >= 0.6 is 0 Å². The van der Waals surface area contributed by atoms with Gasteiger partial charge in [-0.15, -0.1) is 0 Å². The first-order chi connectivity index (χ1) is 12.7. The summed E-state index contributed by atoms with van der Waals surface area (Å²) in [5, 5.41) is 21.6. The van der Waals surface area contributed by atoms with Crippen LogP contribution < -0.4 is 10.1 Å². The largest absolute Gasteiger partial charge is 0.504 e. The zero-order valence-electron chi connectivity index (χ0n) is 15.9. The molecule has 0 unspecified atom stereocenters. The van der Waals surface area contributed by atoms with E-state index in [0.717, 1.165) is 0 Å². The number of aromatic hydroxyl groups is 1. The molecule has 7 heteroatoms. The molecule has 1 heterocycles. The van der Waals surface area contributed by atoms with E-state index in [2.05, 4.69) is 5.32 Å². The van der Waals surface area contributed by atoms with E-state index >= 15 is 0 Å². The summed E-state index contributed by atoms with van der Waals surface area (Å²) in [7, 11) is 1.45. The smallest absolute Gasteiger partial charge is 0.305 e. The van der Waals surface area contributed by atoms with E-state index in [1.165, 1.54) is 19.3 Å². The highest BCUT2D eigenvalue weighted by Gasteiger charge is 2.34. The fourth-order valence-electron chi connectivity index (χ4n) is 3.35. The van der Waals surface area contributed by atoms with Crippen LogP contribution in [-0.4, -0.2) is 47.4 Å². The van der Waals surface area contributed by atoms with Gasteiger partial charge in [-0.2, -0.15) is 0 Å². The maximum absolute atomic E-state index is 12.3. The Morgan fingerprint density at radius 2 is 2.19 bits per heavy atom. The number of phenolic OH excluding ortho intramolecular Hbond substituents is 1. The van der Waals surface area contributed by atoms with Crippen LogP contribution in [0.1, 0.15) is 38.7 Å². The Hall–Kier alpha value is -2.54. The number of methoxy groups -OCH3 is 1. The van der Waals surface area contributed by atoms with Gasteiger partial charge in [-0.25, -0.2) is 0 Å². The summed E-state index contributed by atoms with van der Waals surface area (Å²) < 4.78 is 10.7. The molecule has 0 saturated carbocycles. The van der Waals surface area contributed by atoms with Crippen molar-refractivity contribution in [3.05, 3.63) is 29.8 Å². The molecule has 1 amide bonds. The van der Waals surface area contributed by atoms with Crippen molar-refractivity contribution in [1.82, 2.24) is 5.32 Å². The number of carboxylic acid groups (broad SMARTS) is 1. The van der Waals surface area contributed by atoms with Crippen LogP contribution in [0.3, 0.4) is 0 Å². The summed E-state index contributed by atoms with van der Waals surface area (Å²) in [6.07, 6.45) is 4.20. The Balaban J connectivity index is 2.05. The van der Waals surface area contributed by atoms with E-state index in [1.807, 2.05) is 13.8 Å². The number of amides is 1. The molecule has 2 atom stereocenters. The van der Waals surface area contributed by atoms with Gasteiger partial charge in [0.1, 0.15) is 0 Å². The molecule has 27 heavy (non-hydrogen) atoms. The van der Waals surface area contributed by atoms with Crippen LogP contribution in [0.4, 0.5) is 0 Å². The van der Waals surface area contributed by atoms with Crippen molar-refractivity contribution < 1.29 is 29.3 Å². The highest BCUT2D eigenvalue weighted by atomic mass is 16.5. The van der Waals surface area contributed by atoms with E-state index < -0.39 is 12.0 Å². The third-order valence-corrected chi connectivity index (χ3v) is 4.66. The van der Waals surface area contributed by atoms with Crippen LogP contribution in [0, 0.1) is 5.92 Å². The third kappa shape index (κ3) is 6.29. The average molecular weight is 377 g/mol. The Kier molecular flexibility index (Phi) is 6.85. The normalized spacial score (nSPS) is 20.2. The highest BCUT2D eigenvalue weighted by molar-refractivity contribution is 5.92. The van der Waals surface area contributed by atoms with Crippen LogP contribution in [0.25, 0.3) is 6.08 Å². The van der Waals surface area contributed by atoms with Crippen LogP contribution in [-0.2, 0) is 14.3 Å². The zero-order valence-corrected chi connectivity index (χ0v) is 15.9. The summed E-state index contributed by atoms with van der Waals surface area (Å²) in [6, 6.07) is 4.28. The van der Waals surface area contributed by atoms with Crippen LogP contribution in [0.5, 0.6) is 11.5 Å². The van der Waals surface area contributed by atoms with Gasteiger partial charge in [0.15, 0.2) is 11.5 Å². The minimum absolute atomic E-state index is 0.0164. The van der Waals surface area contributed by atoms with E-state index in [-0.39, 0.29) is 29.6 Å². The van der Waals surface area contributed by atoms with Gasteiger partial charge in [-0.05, 0) is 56.4 Å². The number of nitrogens with one attached hydrogen (secondary N) is 1. The monoisotopic (exact) mass is 377 g/mol. The van der Waals surface area contributed by atoms with Gasteiger partial charge in [0.2, 0.25) is 5.91 Å². The predicted octanol–water partition coefficient (Wildman–Crippen LogP) is 2.58. The third-order valence-electron chi connectivity index (χ3n) is 4.66. The quantitative estimate of drug-likeness (QED) is 0.631. The van der Waals surface area contributed by atoms with Gasteiger partial charge < -0.3 is 25.0 Å². The number of benzene rings is 1. The fourth-order valence-corrected chi connectivity index (χ4v) is 3.35. The molecule has 1 saturated heterocycles. The minimum atomic E-state index is -0.947. The van der Waals surface area contributed by atoms with Crippen molar-refractivity contribution in [3.8, 4) is 11.5 Å². The summed E-state index contributed by atoms with van der Waals surface area (Å²) in [4.78, 5) is 23.6. The zero-order chi connectivity index (χ0) is 20.0. The van der Waals surface area contributed by atoms with E-state index in [4.69, 9.17) is 9.47 Å². The predicted molar refractivity (Wildman–Crippen MR) is 101 cm³/mol. The molecule has 0 spiro atoms. The topological polar surface area (TPSA) is 105 Å². The molecule has 3 N–H and O–H groups in total. The molecule has 1 fully saturated rings. The maximum atomic E-state index is 12.3. The van der Waals surface area contributed by atoms with Crippen molar-refractivity contribution in [2.75, 3.05) is 13.7 Å². The molecule has 0 aromatic heterocycles. The number of carboxylic acids is 1. The summed E-state index contributed by atoms with van der Waals surface area (Å²) in [5.41, 5.74) is 0.352. The van der Waals surface area contributed by atoms with E-state index in [1.54, 1.807) is 18.2 Å². The number of carbonyl (C=O) groups excluding carboxylic acids is 1. The molecule has 0 radical (unpaired) electrons. The molecule has 2 rings (SSSR count). The Bertz CT molecular complexity index is 712. The standard InChI is InChI=1S/C20H27NO6/c1-20(2)12-14(8-9-27-20)15(11-19(24)25)21-18(23)7-5-13-4-6-16(22)17(10-13)26-3/h4-7,10,14-15,22H,8-9,11-12H2,1-3H3,(H,21,23)(H,24,25)/b7-5+/t14-,15-/m0/s1. The molecule has 7 nitrogen and oxygen atoms in total. The molecule has 1 aromatic rings. The SMILES string of the molecule is COc1cc(/C=C/C(=O)N[C@@H](CC(=O)O)[C@H]2CCOC(C)(C)C2)ccc1O. The lowest BCUT2D eigenvalue weighted by Gasteiger charge is -2.39. The van der Waals surface area contributed by atoms with Crippen LogP contribution in [0.15, 0.2) is 24.3 Å². The second-order valence-corrected chi connectivity index (χ2v) is 7.34. The number of aliphatic carboxylic acids is 1. The Morgan fingerprint density at radius 1 is 1.44 bits per heavy atom. The first kappa shape index (κ1) is 20.8. The summed E-state index contributed by atoms with van der Waals surface area (Å²) in [5.74, 6) is -0.945. The summed E-state index contributed by atoms with van der Waals surface area (Å²) >= 11 is 0. The number of rotatable bonds is 7. The lowest BCUT2D eigenvalue weighted by atomic mass is 9.82. The first-order valence-electron chi connectivity index (χ1n) is 8.91. The van der Waals surface area contributed by atoms with Gasteiger partial charge >= 0.3 is 5.97 Å². The number of ether oxygens (including phenoxy) is 2. The van der Waals surface area contributed by atoms with E-state index in [0.29, 0.717) is 30.8 Å². The lowest BCUT2D eigenvalue weighted by molar-refractivity contribution is -0.139. The van der Waals surface area contributed by atoms with Crippen molar-refractivity contribution in [2.45, 2.75) is 44.8 Å². The number of hydrogen-bond acceptors (Lipinski definition) is 5. The maximum Gasteiger partial charge on any atom is 0.305 e. The minimum Gasteiger partial charge on any atom is -0.504 e. The van der Waals surface area contributed by atoms with Gasteiger partial charge in [0.25, 0.3) is 0 Å². The van der Waals surface area contributed by atoms with Crippen molar-refractivity contribution in [2.24, 2.45) is 5.92 Å². The summed E-state index contributed by atoms with van der Waals surface area (Å²) in [6.45, 7) is 4.49. The number of phenols is 1. The number of carbonyl (C=O) groups is 2. The van der Waals surface area contributed by atoms with Gasteiger partial charge in [-0.1, -0.05) is 6.07 Å². The van der Waals surface area contributed by atoms with Crippen molar-refractivity contribution in [1.29, 1.82) is 0 Å². The Labute approximate surface area is 159 Å². The van der Waals surface area contributed by atoms with Gasteiger partial charge in [-0.3, -0.25) is 9.59 Å². The first-order valence-corrected chi connectivity index (χ1v) is 8.91. The average Bonchev–Trinajstić information content (AvgIpc) is 2.59. The van der Waals surface area contributed by atoms with Crippen molar-refractivity contribution in [3.63, 3.8) is 0 Å². The molecule has 0 bridgehead atoms. The van der Waals surface area contributed by atoms with E-state index in [9.17, 15) is 19.8 Å². The van der Waals surface area contributed by atoms with Crippen LogP contribution in [0.2, 0.25) is 0 Å². The van der Waals surface area contributed by atoms with Gasteiger partial charge in [0.05, 0.1) is 19.1 Å². The van der Waals surface area contributed by atoms with Crippen molar-refractivity contribution >= 4 is 18.0 Å². The molecule has 148 valence electrons. The second kappa shape index (κ2) is 8.90.